The molecule has 2 unspecified atom stereocenters. The van der Waals surface area contributed by atoms with Crippen molar-refractivity contribution in [2.45, 2.75) is 44.3 Å². The molecule has 3 fully saturated rings. The van der Waals surface area contributed by atoms with Crippen LogP contribution in [-0.2, 0) is 13.6 Å². The van der Waals surface area contributed by atoms with Crippen molar-refractivity contribution in [1.29, 1.82) is 0 Å². The third kappa shape index (κ3) is 4.21. The van der Waals surface area contributed by atoms with Gasteiger partial charge in [0.05, 0.1) is 18.3 Å². The van der Waals surface area contributed by atoms with Gasteiger partial charge in [0.1, 0.15) is 11.3 Å². The van der Waals surface area contributed by atoms with Crippen molar-refractivity contribution in [1.82, 2.24) is 24.0 Å². The number of aryl methyl sites for hydroxylation is 1. The average molecular weight is 613 g/mol. The van der Waals surface area contributed by atoms with Gasteiger partial charge in [0.25, 0.3) is 5.91 Å². The summed E-state index contributed by atoms with van der Waals surface area (Å²) in [6.07, 6.45) is 4.53. The number of ether oxygens (including phenoxy) is 1. The van der Waals surface area contributed by atoms with Gasteiger partial charge in [-0.2, -0.15) is 0 Å². The van der Waals surface area contributed by atoms with Crippen LogP contribution in [0.25, 0.3) is 55.5 Å². The first kappa shape index (κ1) is 27.4. The lowest BCUT2D eigenvalue weighted by Gasteiger charge is -2.27. The molecule has 4 heterocycles. The van der Waals surface area contributed by atoms with E-state index in [0.29, 0.717) is 23.1 Å². The molecule has 232 valence electrons. The second-order valence-electron chi connectivity index (χ2n) is 13.5. The molecule has 2 aliphatic carbocycles. The van der Waals surface area contributed by atoms with E-state index < -0.39 is 0 Å². The van der Waals surface area contributed by atoms with Crippen LogP contribution in [0.4, 0.5) is 0 Å². The van der Waals surface area contributed by atoms with Gasteiger partial charge in [-0.25, -0.2) is 4.98 Å². The van der Waals surface area contributed by atoms with Crippen molar-refractivity contribution in [2.24, 2.45) is 24.6 Å². The van der Waals surface area contributed by atoms with E-state index in [1.165, 1.54) is 12.8 Å². The Labute approximate surface area is 265 Å². The summed E-state index contributed by atoms with van der Waals surface area (Å²) in [5, 5.41) is 2.15. The molecule has 0 radical (unpaired) electrons. The van der Waals surface area contributed by atoms with Crippen molar-refractivity contribution in [3.63, 3.8) is 0 Å². The zero-order valence-electron chi connectivity index (χ0n) is 26.0. The molecule has 3 aliphatic rings. The minimum atomic E-state index is -0.0994. The van der Waals surface area contributed by atoms with E-state index in [0.717, 1.165) is 81.4 Å². The number of nitrogens with zero attached hydrogens (tertiary/aromatic N) is 4. The monoisotopic (exact) mass is 612 g/mol. The molecule has 9 nitrogen and oxygen atoms in total. The van der Waals surface area contributed by atoms with Crippen molar-refractivity contribution in [2.75, 3.05) is 13.7 Å². The molecule has 1 amide bonds. The molecule has 9 heteroatoms. The SMILES string of the molecule is COc1cc(C(=O)N2CC3CCC2[C@@H]3N)cc2nc(-c3cc4ccc(-c5ccc6[nH]c(=O)ccc6c5)cc4n3CC3CC3)n(C)c12. The number of imidazole rings is 1. The van der Waals surface area contributed by atoms with Crippen LogP contribution in [0.5, 0.6) is 5.75 Å². The van der Waals surface area contributed by atoms with Crippen LogP contribution in [0.15, 0.2) is 71.5 Å². The van der Waals surface area contributed by atoms with Gasteiger partial charge in [-0.15, -0.1) is 0 Å². The summed E-state index contributed by atoms with van der Waals surface area (Å²) in [6.45, 7) is 1.64. The maximum atomic E-state index is 13.8. The lowest BCUT2D eigenvalue weighted by atomic mass is 10.0. The van der Waals surface area contributed by atoms with Gasteiger partial charge in [0.15, 0.2) is 5.82 Å². The third-order valence-electron chi connectivity index (χ3n) is 10.6. The van der Waals surface area contributed by atoms with E-state index in [-0.39, 0.29) is 23.6 Å². The number of nitrogens with two attached hydrogens (primary N) is 1. The topological polar surface area (TPSA) is 111 Å². The number of carbonyl (C=O) groups excluding carboxylic acids is 1. The van der Waals surface area contributed by atoms with Crippen LogP contribution in [-0.4, -0.2) is 55.6 Å². The highest BCUT2D eigenvalue weighted by atomic mass is 16.5. The third-order valence-corrected chi connectivity index (χ3v) is 10.6. The molecule has 46 heavy (non-hydrogen) atoms. The minimum absolute atomic E-state index is 0.00507. The van der Waals surface area contributed by atoms with Crippen molar-refractivity contribution >= 4 is 38.7 Å². The number of piperidine rings is 1. The van der Waals surface area contributed by atoms with Crippen LogP contribution >= 0.6 is 0 Å². The first-order valence-corrected chi connectivity index (χ1v) is 16.2. The van der Waals surface area contributed by atoms with E-state index in [4.69, 9.17) is 15.5 Å². The number of likely N-dealkylation sites (tertiary alicyclic amines) is 1. The molecular formula is C37H36N6O3. The fraction of sp³-hybridized carbons (Fsp3) is 0.324. The van der Waals surface area contributed by atoms with Crippen LogP contribution < -0.4 is 16.0 Å². The van der Waals surface area contributed by atoms with Gasteiger partial charge in [-0.3, -0.25) is 9.59 Å². The van der Waals surface area contributed by atoms with Crippen LogP contribution in [0.1, 0.15) is 36.0 Å². The second-order valence-corrected chi connectivity index (χ2v) is 13.5. The largest absolute Gasteiger partial charge is 0.494 e. The fourth-order valence-corrected chi connectivity index (χ4v) is 7.98. The maximum absolute atomic E-state index is 13.8. The average Bonchev–Trinajstić information content (AvgIpc) is 3.47. The number of amides is 1. The summed E-state index contributed by atoms with van der Waals surface area (Å²) in [7, 11) is 3.68. The molecule has 3 aromatic heterocycles. The Morgan fingerprint density at radius 2 is 1.78 bits per heavy atom. The molecule has 3 N–H and O–H groups in total. The smallest absolute Gasteiger partial charge is 0.254 e. The van der Waals surface area contributed by atoms with E-state index in [1.54, 1.807) is 13.2 Å². The number of hydrogen-bond acceptors (Lipinski definition) is 5. The normalized spacial score (nSPS) is 20.8. The highest BCUT2D eigenvalue weighted by Gasteiger charge is 2.47. The maximum Gasteiger partial charge on any atom is 0.254 e. The number of rotatable bonds is 6. The highest BCUT2D eigenvalue weighted by molar-refractivity contribution is 6.01. The Morgan fingerprint density at radius 3 is 2.54 bits per heavy atom. The van der Waals surface area contributed by atoms with Crippen LogP contribution in [0, 0.1) is 11.8 Å². The molecule has 3 aromatic carbocycles. The van der Waals surface area contributed by atoms with Gasteiger partial charge in [-0.05, 0) is 96.5 Å². The van der Waals surface area contributed by atoms with Gasteiger partial charge >= 0.3 is 0 Å². The lowest BCUT2D eigenvalue weighted by Crippen LogP contribution is -2.41. The predicted octanol–water partition coefficient (Wildman–Crippen LogP) is 5.68. The number of carbonyl (C=O) groups is 1. The van der Waals surface area contributed by atoms with E-state index in [1.807, 2.05) is 36.2 Å². The minimum Gasteiger partial charge on any atom is -0.494 e. The van der Waals surface area contributed by atoms with Gasteiger partial charge < -0.3 is 29.5 Å². The molecule has 9 rings (SSSR count). The Bertz CT molecular complexity index is 2270. The zero-order chi connectivity index (χ0) is 31.3. The summed E-state index contributed by atoms with van der Waals surface area (Å²) >= 11 is 0. The summed E-state index contributed by atoms with van der Waals surface area (Å²) in [5.41, 5.74) is 13.8. The molecule has 3 atom stereocenters. The van der Waals surface area contributed by atoms with Crippen LogP contribution in [0.2, 0.25) is 0 Å². The van der Waals surface area contributed by atoms with Crippen molar-refractivity contribution in [3.8, 4) is 28.4 Å². The molecule has 2 saturated carbocycles. The van der Waals surface area contributed by atoms with Crippen molar-refractivity contribution in [3.05, 3.63) is 82.6 Å². The zero-order valence-corrected chi connectivity index (χ0v) is 26.0. The number of hydrogen-bond donors (Lipinski definition) is 2. The molecule has 1 aliphatic heterocycles. The number of methoxy groups -OCH3 is 1. The molecule has 2 bridgehead atoms. The standard InChI is InChI=1S/C37H36N6O3/c1-41-35-28(14-26(17-32(35)46-2)37(45)43-19-25-8-11-29(43)34(25)38)40-36(41)31-16-24-6-5-22(15-30(24)42(31)18-20-3-4-20)21-7-10-27-23(13-21)9-12-33(44)39-27/h5-7,9-10,12-17,20,25,29,34H,3-4,8,11,18-19,38H2,1-2H3,(H,39,44)/t25?,29?,34-/m1/s1. The number of benzene rings is 3. The second kappa shape index (κ2) is 10.1. The van der Waals surface area contributed by atoms with Crippen LogP contribution in [0.3, 0.4) is 0 Å². The Kier molecular flexibility index (Phi) is 5.99. The first-order chi connectivity index (χ1) is 22.4. The van der Waals surface area contributed by atoms with Gasteiger partial charge in [-0.1, -0.05) is 18.2 Å². The van der Waals surface area contributed by atoms with Crippen molar-refractivity contribution < 1.29 is 9.53 Å². The number of H-pyrrole nitrogens is 1. The highest BCUT2D eigenvalue weighted by Crippen LogP contribution is 2.41. The Hall–Kier alpha value is -4.89. The number of pyridine rings is 1. The number of aromatic amines is 1. The molecular weight excluding hydrogens is 576 g/mol. The van der Waals surface area contributed by atoms with E-state index in [9.17, 15) is 9.59 Å². The Morgan fingerprint density at radius 1 is 0.978 bits per heavy atom. The van der Waals surface area contributed by atoms with E-state index in [2.05, 4.69) is 50.5 Å². The summed E-state index contributed by atoms with van der Waals surface area (Å²) in [4.78, 5) is 35.6. The first-order valence-electron chi connectivity index (χ1n) is 16.2. The summed E-state index contributed by atoms with van der Waals surface area (Å²) in [5.74, 6) is 2.52. The van der Waals surface area contributed by atoms with Gasteiger partial charge in [0, 0.05) is 60.3 Å². The molecule has 6 aromatic rings. The fourth-order valence-electron chi connectivity index (χ4n) is 7.98. The summed E-state index contributed by atoms with van der Waals surface area (Å²) in [6, 6.07) is 22.4. The van der Waals surface area contributed by atoms with Gasteiger partial charge in [0.2, 0.25) is 5.56 Å². The van der Waals surface area contributed by atoms with E-state index >= 15 is 0 Å². The lowest BCUT2D eigenvalue weighted by molar-refractivity contribution is 0.0700. The molecule has 0 spiro atoms. The number of aromatic nitrogens is 4. The summed E-state index contributed by atoms with van der Waals surface area (Å²) < 4.78 is 10.4. The number of fused-ring (bicyclic) bond motifs is 5. The quantitative estimate of drug-likeness (QED) is 0.251. The Balaban J connectivity index is 1.15. The molecule has 1 saturated heterocycles. The predicted molar refractivity (Wildman–Crippen MR) is 180 cm³/mol. The number of nitrogens with one attached hydrogen (secondary N) is 1.